The van der Waals surface area contributed by atoms with Crippen LogP contribution in [0.15, 0.2) is 48.5 Å². The van der Waals surface area contributed by atoms with E-state index < -0.39 is 0 Å². The quantitative estimate of drug-likeness (QED) is 0.549. The highest BCUT2D eigenvalue weighted by molar-refractivity contribution is 7.15. The molecule has 0 atom stereocenters. The lowest BCUT2D eigenvalue weighted by Gasteiger charge is -2.05. The van der Waals surface area contributed by atoms with Gasteiger partial charge >= 0.3 is 0 Å². The summed E-state index contributed by atoms with van der Waals surface area (Å²) >= 11 is 1.58. The fraction of sp³-hybridized carbons (Fsp3) is 0.190. The van der Waals surface area contributed by atoms with Gasteiger partial charge < -0.3 is 5.32 Å². The highest BCUT2D eigenvalue weighted by atomic mass is 32.1. The third kappa shape index (κ3) is 4.07. The summed E-state index contributed by atoms with van der Waals surface area (Å²) in [6.45, 7) is 6.22. The van der Waals surface area contributed by atoms with Crippen molar-refractivity contribution in [3.8, 4) is 16.4 Å². The first-order valence-corrected chi connectivity index (χ1v) is 10.00. The number of carbonyl (C=O) groups is 1. The molecule has 1 N–H and O–H groups in total. The minimum atomic E-state index is -0.272. The van der Waals surface area contributed by atoms with Crippen LogP contribution in [0.25, 0.3) is 16.4 Å². The Balaban J connectivity index is 1.44. The second kappa shape index (κ2) is 7.92. The third-order valence-corrected chi connectivity index (χ3v) is 5.64. The largest absolute Gasteiger partial charge is 0.346 e. The molecule has 146 valence electrons. The molecule has 29 heavy (non-hydrogen) atoms. The number of aryl methyl sites for hydroxylation is 3. The van der Waals surface area contributed by atoms with Crippen molar-refractivity contribution in [2.75, 3.05) is 0 Å². The van der Waals surface area contributed by atoms with Crippen LogP contribution >= 0.6 is 11.3 Å². The summed E-state index contributed by atoms with van der Waals surface area (Å²) in [4.78, 5) is 18.1. The maximum atomic E-state index is 12.5. The second-order valence-electron chi connectivity index (χ2n) is 6.69. The minimum absolute atomic E-state index is 0.265. The number of thiazole rings is 1. The molecule has 0 fully saturated rings. The molecule has 1 amide bonds. The number of nitrogens with one attached hydrogen (secondary N) is 1. The van der Waals surface area contributed by atoms with E-state index in [0.29, 0.717) is 12.4 Å². The number of hydrogen-bond acceptors (Lipinski definition) is 6. The topological polar surface area (TPSA) is 85.6 Å². The van der Waals surface area contributed by atoms with Crippen LogP contribution in [-0.2, 0) is 6.54 Å². The fourth-order valence-electron chi connectivity index (χ4n) is 2.97. The average molecular weight is 404 g/mol. The predicted octanol–water partition coefficient (Wildman–Crippen LogP) is 3.64. The lowest BCUT2D eigenvalue weighted by molar-refractivity contribution is 0.0945. The van der Waals surface area contributed by atoms with Crippen LogP contribution in [0.4, 0.5) is 0 Å². The van der Waals surface area contributed by atoms with E-state index in [1.807, 2.05) is 57.2 Å². The van der Waals surface area contributed by atoms with Crippen LogP contribution in [0.1, 0.15) is 32.4 Å². The van der Waals surface area contributed by atoms with Gasteiger partial charge in [0.25, 0.3) is 5.91 Å². The molecule has 0 radical (unpaired) electrons. The molecule has 3 aromatic heterocycles. The summed E-state index contributed by atoms with van der Waals surface area (Å²) in [6, 6.07) is 15.4. The molecule has 0 bridgehead atoms. The molecule has 0 saturated heterocycles. The molecule has 0 aliphatic heterocycles. The number of hydrogen-bond donors (Lipinski definition) is 1. The van der Waals surface area contributed by atoms with E-state index in [1.165, 1.54) is 0 Å². The Labute approximate surface area is 172 Å². The molecular formula is C21H20N6OS. The van der Waals surface area contributed by atoms with E-state index in [2.05, 4.69) is 25.6 Å². The Morgan fingerprint density at radius 1 is 1.07 bits per heavy atom. The maximum absolute atomic E-state index is 12.5. The van der Waals surface area contributed by atoms with E-state index in [9.17, 15) is 4.79 Å². The molecule has 0 saturated carbocycles. The Hall–Kier alpha value is -3.39. The van der Waals surface area contributed by atoms with Crippen molar-refractivity contribution in [3.05, 3.63) is 76.2 Å². The number of benzene rings is 1. The van der Waals surface area contributed by atoms with Gasteiger partial charge in [-0.05, 0) is 39.0 Å². The van der Waals surface area contributed by atoms with Gasteiger partial charge in [0.05, 0.1) is 17.9 Å². The van der Waals surface area contributed by atoms with Crippen LogP contribution in [0.5, 0.6) is 0 Å². The van der Waals surface area contributed by atoms with Crippen molar-refractivity contribution in [3.63, 3.8) is 0 Å². The van der Waals surface area contributed by atoms with Gasteiger partial charge in [-0.2, -0.15) is 5.10 Å². The molecule has 1 aromatic carbocycles. The van der Waals surface area contributed by atoms with E-state index in [4.69, 9.17) is 0 Å². The zero-order chi connectivity index (χ0) is 20.4. The molecule has 4 aromatic rings. The first-order valence-electron chi connectivity index (χ1n) is 9.18. The Kier molecular flexibility index (Phi) is 5.18. The number of amides is 1. The van der Waals surface area contributed by atoms with E-state index in [-0.39, 0.29) is 11.6 Å². The normalized spacial score (nSPS) is 10.9. The van der Waals surface area contributed by atoms with Gasteiger partial charge in [0, 0.05) is 16.1 Å². The summed E-state index contributed by atoms with van der Waals surface area (Å²) in [5.74, 6) is 0.310. The van der Waals surface area contributed by atoms with E-state index >= 15 is 0 Å². The first kappa shape index (κ1) is 18.9. The van der Waals surface area contributed by atoms with Crippen LogP contribution in [0.2, 0.25) is 0 Å². The summed E-state index contributed by atoms with van der Waals surface area (Å²) in [7, 11) is 0. The van der Waals surface area contributed by atoms with Gasteiger partial charge in [-0.15, -0.1) is 21.5 Å². The summed E-state index contributed by atoms with van der Waals surface area (Å²) in [6.07, 6.45) is 0. The molecule has 7 nitrogen and oxygen atoms in total. The number of nitrogens with zero attached hydrogens (tertiary/aromatic N) is 5. The smallest absolute Gasteiger partial charge is 0.272 e. The predicted molar refractivity (Wildman–Crippen MR) is 112 cm³/mol. The first-order chi connectivity index (χ1) is 14.0. The number of rotatable bonds is 5. The zero-order valence-corrected chi connectivity index (χ0v) is 17.2. The summed E-state index contributed by atoms with van der Waals surface area (Å²) in [5, 5.41) is 16.4. The third-order valence-electron chi connectivity index (χ3n) is 4.43. The van der Waals surface area contributed by atoms with Crippen LogP contribution in [-0.4, -0.2) is 30.9 Å². The van der Waals surface area contributed by atoms with Crippen molar-refractivity contribution in [2.24, 2.45) is 0 Å². The van der Waals surface area contributed by atoms with Gasteiger partial charge in [-0.25, -0.2) is 9.67 Å². The lowest BCUT2D eigenvalue weighted by Crippen LogP contribution is -2.24. The standard InChI is InChI=1S/C21H20N6OS/c1-13-11-14(2)27(26-13)19-10-9-17(24-25-19)20(28)22-12-18-15(3)23-21(29-18)16-7-5-4-6-8-16/h4-11H,12H2,1-3H3,(H,22,28). The Morgan fingerprint density at radius 2 is 1.86 bits per heavy atom. The maximum Gasteiger partial charge on any atom is 0.272 e. The van der Waals surface area contributed by atoms with Crippen molar-refractivity contribution >= 4 is 17.2 Å². The van der Waals surface area contributed by atoms with Gasteiger partial charge in [0.2, 0.25) is 0 Å². The minimum Gasteiger partial charge on any atom is -0.346 e. The van der Waals surface area contributed by atoms with Gasteiger partial charge in [-0.3, -0.25) is 4.79 Å². The van der Waals surface area contributed by atoms with E-state index in [1.54, 1.807) is 28.2 Å². The van der Waals surface area contributed by atoms with E-state index in [0.717, 1.165) is 32.5 Å². The summed E-state index contributed by atoms with van der Waals surface area (Å²) < 4.78 is 1.70. The molecular weight excluding hydrogens is 384 g/mol. The molecule has 0 aliphatic rings. The molecule has 3 heterocycles. The molecule has 8 heteroatoms. The zero-order valence-electron chi connectivity index (χ0n) is 16.4. The van der Waals surface area contributed by atoms with Crippen molar-refractivity contribution in [2.45, 2.75) is 27.3 Å². The molecule has 0 aliphatic carbocycles. The van der Waals surface area contributed by atoms with Gasteiger partial charge in [-0.1, -0.05) is 30.3 Å². The van der Waals surface area contributed by atoms with Crippen molar-refractivity contribution < 1.29 is 4.79 Å². The Morgan fingerprint density at radius 3 is 2.52 bits per heavy atom. The second-order valence-corrected chi connectivity index (χ2v) is 7.78. The number of aromatic nitrogens is 5. The highest BCUT2D eigenvalue weighted by Gasteiger charge is 2.13. The van der Waals surface area contributed by atoms with Crippen LogP contribution in [0, 0.1) is 20.8 Å². The fourth-order valence-corrected chi connectivity index (χ4v) is 3.98. The Bertz CT molecular complexity index is 1150. The average Bonchev–Trinajstić information content (AvgIpc) is 3.28. The van der Waals surface area contributed by atoms with Crippen LogP contribution in [0.3, 0.4) is 0 Å². The van der Waals surface area contributed by atoms with Crippen molar-refractivity contribution in [1.29, 1.82) is 0 Å². The summed E-state index contributed by atoms with van der Waals surface area (Å²) in [5.41, 5.74) is 4.12. The number of carbonyl (C=O) groups excluding carboxylic acids is 1. The molecule has 0 spiro atoms. The monoisotopic (exact) mass is 404 g/mol. The van der Waals surface area contributed by atoms with Crippen molar-refractivity contribution in [1.82, 2.24) is 30.3 Å². The molecule has 0 unspecified atom stereocenters. The van der Waals surface area contributed by atoms with Crippen LogP contribution < -0.4 is 5.32 Å². The van der Waals surface area contributed by atoms with Gasteiger partial charge in [0.15, 0.2) is 11.5 Å². The SMILES string of the molecule is Cc1cc(C)n(-c2ccc(C(=O)NCc3sc(-c4ccccc4)nc3C)nn2)n1. The highest BCUT2D eigenvalue weighted by Crippen LogP contribution is 2.27. The lowest BCUT2D eigenvalue weighted by atomic mass is 10.2. The molecule has 4 rings (SSSR count). The van der Waals surface area contributed by atoms with Gasteiger partial charge in [0.1, 0.15) is 5.01 Å².